The summed E-state index contributed by atoms with van der Waals surface area (Å²) in [6, 6.07) is 19.6. The molecule has 2 aromatic carbocycles. The number of thioether (sulfide) groups is 1. The second kappa shape index (κ2) is 7.13. The van der Waals surface area contributed by atoms with E-state index < -0.39 is 0 Å². The maximum atomic E-state index is 5.63. The van der Waals surface area contributed by atoms with E-state index in [0.29, 0.717) is 6.04 Å². The summed E-state index contributed by atoms with van der Waals surface area (Å²) in [5.74, 6) is 2.02. The van der Waals surface area contributed by atoms with Crippen molar-refractivity contribution in [3.8, 4) is 5.75 Å². The van der Waals surface area contributed by atoms with Gasteiger partial charge < -0.3 is 9.64 Å². The van der Waals surface area contributed by atoms with Crippen molar-refractivity contribution in [2.24, 2.45) is 4.99 Å². The molecular formula is C23H23N3OS. The monoisotopic (exact) mass is 389 g/mol. The van der Waals surface area contributed by atoms with Crippen molar-refractivity contribution in [1.82, 2.24) is 9.88 Å². The highest BCUT2D eigenvalue weighted by molar-refractivity contribution is 8.14. The summed E-state index contributed by atoms with van der Waals surface area (Å²) >= 11 is 1.88. The van der Waals surface area contributed by atoms with Crippen LogP contribution in [0.5, 0.6) is 5.75 Å². The SMILES string of the molecule is CC[C@@H]1CSC2=N[C@H](c3ccccn3)[C@H](c3ccc(OC)c4ccccc34)N21. The molecule has 0 saturated carbocycles. The minimum absolute atomic E-state index is 0.00912. The molecule has 0 N–H and O–H groups in total. The molecule has 2 aliphatic heterocycles. The van der Waals surface area contributed by atoms with Crippen LogP contribution in [0.15, 0.2) is 65.8 Å². The Morgan fingerprint density at radius 1 is 1.07 bits per heavy atom. The Kier molecular flexibility index (Phi) is 4.47. The number of ether oxygens (including phenoxy) is 1. The molecule has 2 aliphatic rings. The number of hydrogen-bond acceptors (Lipinski definition) is 5. The highest BCUT2D eigenvalue weighted by Crippen LogP contribution is 2.50. The molecule has 5 rings (SSSR count). The molecule has 0 aliphatic carbocycles. The average Bonchev–Trinajstić information content (AvgIpc) is 3.33. The Morgan fingerprint density at radius 3 is 2.64 bits per heavy atom. The normalized spacial score (nSPS) is 23.7. The number of methoxy groups -OCH3 is 1. The fourth-order valence-electron chi connectivity index (χ4n) is 4.42. The van der Waals surface area contributed by atoms with E-state index in [1.54, 1.807) is 7.11 Å². The second-order valence-electron chi connectivity index (χ2n) is 7.24. The molecule has 1 aromatic heterocycles. The predicted octanol–water partition coefficient (Wildman–Crippen LogP) is 5.22. The number of fused-ring (bicyclic) bond motifs is 2. The van der Waals surface area contributed by atoms with Gasteiger partial charge >= 0.3 is 0 Å². The second-order valence-corrected chi connectivity index (χ2v) is 8.23. The van der Waals surface area contributed by atoms with Crippen LogP contribution in [0.2, 0.25) is 0 Å². The van der Waals surface area contributed by atoms with Gasteiger partial charge in [0.2, 0.25) is 0 Å². The molecule has 0 amide bonds. The Labute approximate surface area is 169 Å². The summed E-state index contributed by atoms with van der Waals surface area (Å²) in [4.78, 5) is 12.3. The smallest absolute Gasteiger partial charge is 0.160 e. The summed E-state index contributed by atoms with van der Waals surface area (Å²) < 4.78 is 5.63. The highest BCUT2D eigenvalue weighted by Gasteiger charge is 2.45. The third-order valence-electron chi connectivity index (χ3n) is 5.79. The minimum Gasteiger partial charge on any atom is -0.496 e. The molecule has 1 fully saturated rings. The van der Waals surface area contributed by atoms with E-state index in [9.17, 15) is 0 Å². The van der Waals surface area contributed by atoms with E-state index in [1.165, 1.54) is 10.9 Å². The quantitative estimate of drug-likeness (QED) is 0.613. The summed E-state index contributed by atoms with van der Waals surface area (Å²) in [6.07, 6.45) is 2.98. The molecule has 0 unspecified atom stereocenters. The minimum atomic E-state index is 0.00912. The van der Waals surface area contributed by atoms with Crippen LogP contribution in [0.1, 0.15) is 36.7 Å². The Hall–Kier alpha value is -2.53. The van der Waals surface area contributed by atoms with Gasteiger partial charge in [-0.3, -0.25) is 9.98 Å². The van der Waals surface area contributed by atoms with Crippen LogP contribution < -0.4 is 4.74 Å². The lowest BCUT2D eigenvalue weighted by atomic mass is 9.91. The van der Waals surface area contributed by atoms with Gasteiger partial charge in [0.15, 0.2) is 5.17 Å². The zero-order valence-electron chi connectivity index (χ0n) is 16.1. The zero-order valence-corrected chi connectivity index (χ0v) is 16.9. The number of amidine groups is 1. The third kappa shape index (κ3) is 2.68. The first kappa shape index (κ1) is 17.6. The van der Waals surface area contributed by atoms with Gasteiger partial charge in [-0.1, -0.05) is 55.1 Å². The zero-order chi connectivity index (χ0) is 19.1. The number of nitrogens with zero attached hydrogens (tertiary/aromatic N) is 3. The van der Waals surface area contributed by atoms with Gasteiger partial charge in [-0.05, 0) is 35.6 Å². The Bertz CT molecular complexity index is 1040. The number of pyridine rings is 1. The summed E-state index contributed by atoms with van der Waals surface area (Å²) in [5.41, 5.74) is 2.33. The maximum absolute atomic E-state index is 5.63. The van der Waals surface area contributed by atoms with E-state index in [0.717, 1.165) is 34.2 Å². The van der Waals surface area contributed by atoms with E-state index in [2.05, 4.69) is 65.3 Å². The fraction of sp³-hybridized carbons (Fsp3) is 0.304. The molecular weight excluding hydrogens is 366 g/mol. The van der Waals surface area contributed by atoms with Crippen LogP contribution in [0.4, 0.5) is 0 Å². The standard InChI is InChI=1S/C23H23N3OS/c1-3-15-14-28-23-25-21(19-10-6-7-13-24-19)22(26(15)23)18-11-12-20(27-2)17-9-5-4-8-16(17)18/h4-13,15,21-22H,3,14H2,1-2H3/t15-,21-,22+/m1/s1. The maximum Gasteiger partial charge on any atom is 0.160 e. The van der Waals surface area contributed by atoms with Crippen LogP contribution in [0, 0.1) is 0 Å². The van der Waals surface area contributed by atoms with Gasteiger partial charge in [0.1, 0.15) is 11.8 Å². The van der Waals surface area contributed by atoms with Crippen molar-refractivity contribution in [2.45, 2.75) is 31.5 Å². The van der Waals surface area contributed by atoms with Gasteiger partial charge in [0, 0.05) is 23.4 Å². The molecule has 5 heteroatoms. The molecule has 0 radical (unpaired) electrons. The average molecular weight is 390 g/mol. The van der Waals surface area contributed by atoms with Crippen molar-refractivity contribution < 1.29 is 4.74 Å². The van der Waals surface area contributed by atoms with Crippen LogP contribution in [-0.4, -0.2) is 34.0 Å². The number of aliphatic imine (C=N–C) groups is 1. The summed E-state index contributed by atoms with van der Waals surface area (Å²) in [6.45, 7) is 2.27. The first-order valence-electron chi connectivity index (χ1n) is 9.77. The summed E-state index contributed by atoms with van der Waals surface area (Å²) in [7, 11) is 1.74. The van der Waals surface area contributed by atoms with Gasteiger partial charge in [0.05, 0.1) is 18.8 Å². The van der Waals surface area contributed by atoms with Crippen LogP contribution in [-0.2, 0) is 0 Å². The lowest BCUT2D eigenvalue weighted by Gasteiger charge is -2.32. The van der Waals surface area contributed by atoms with E-state index in [-0.39, 0.29) is 12.1 Å². The Morgan fingerprint density at radius 2 is 1.89 bits per heavy atom. The first-order chi connectivity index (χ1) is 13.8. The molecule has 1 saturated heterocycles. The number of rotatable bonds is 4. The van der Waals surface area contributed by atoms with Gasteiger partial charge in [0.25, 0.3) is 0 Å². The molecule has 4 nitrogen and oxygen atoms in total. The van der Waals surface area contributed by atoms with Crippen molar-refractivity contribution >= 4 is 27.7 Å². The van der Waals surface area contributed by atoms with Gasteiger partial charge in [-0.2, -0.15) is 0 Å². The summed E-state index contributed by atoms with van der Waals surface area (Å²) in [5, 5.41) is 3.54. The molecule has 3 aromatic rings. The molecule has 0 bridgehead atoms. The molecule has 142 valence electrons. The highest BCUT2D eigenvalue weighted by atomic mass is 32.2. The van der Waals surface area contributed by atoms with E-state index in [4.69, 9.17) is 9.73 Å². The largest absolute Gasteiger partial charge is 0.496 e. The van der Waals surface area contributed by atoms with E-state index >= 15 is 0 Å². The predicted molar refractivity (Wildman–Crippen MR) is 116 cm³/mol. The molecule has 3 atom stereocenters. The Balaban J connectivity index is 1.71. The number of aromatic nitrogens is 1. The molecule has 3 heterocycles. The topological polar surface area (TPSA) is 37.7 Å². The van der Waals surface area contributed by atoms with Crippen LogP contribution in [0.3, 0.4) is 0 Å². The van der Waals surface area contributed by atoms with Crippen LogP contribution in [0.25, 0.3) is 10.8 Å². The number of hydrogen-bond donors (Lipinski definition) is 0. The van der Waals surface area contributed by atoms with Gasteiger partial charge in [-0.25, -0.2) is 0 Å². The van der Waals surface area contributed by atoms with Crippen molar-refractivity contribution in [1.29, 1.82) is 0 Å². The lowest BCUT2D eigenvalue weighted by Crippen LogP contribution is -2.35. The lowest BCUT2D eigenvalue weighted by molar-refractivity contribution is 0.256. The van der Waals surface area contributed by atoms with Crippen LogP contribution >= 0.6 is 11.8 Å². The molecule has 0 spiro atoms. The third-order valence-corrected chi connectivity index (χ3v) is 6.91. The van der Waals surface area contributed by atoms with Crippen molar-refractivity contribution in [3.63, 3.8) is 0 Å². The first-order valence-corrected chi connectivity index (χ1v) is 10.8. The number of benzene rings is 2. The van der Waals surface area contributed by atoms with Crippen molar-refractivity contribution in [3.05, 3.63) is 72.1 Å². The van der Waals surface area contributed by atoms with E-state index in [1.807, 2.05) is 24.0 Å². The molecule has 28 heavy (non-hydrogen) atoms. The van der Waals surface area contributed by atoms with Gasteiger partial charge in [-0.15, -0.1) is 0 Å². The fourth-order valence-corrected chi connectivity index (χ4v) is 5.75. The van der Waals surface area contributed by atoms with Crippen molar-refractivity contribution in [2.75, 3.05) is 12.9 Å².